The molecular weight excluding hydrogens is 250 g/mol. The first-order chi connectivity index (χ1) is 8.99. The quantitative estimate of drug-likeness (QED) is 0.831. The molecule has 1 heterocycles. The molecule has 1 amide bonds. The molecule has 102 valence electrons. The van der Waals surface area contributed by atoms with Crippen molar-refractivity contribution in [3.8, 4) is 11.5 Å². The van der Waals surface area contributed by atoms with Gasteiger partial charge in [0.25, 0.3) is 0 Å². The topological polar surface area (TPSA) is 76.1 Å². The number of anilines is 1. The van der Waals surface area contributed by atoms with Crippen LogP contribution in [0, 0.1) is 6.92 Å². The smallest absolute Gasteiger partial charge is 0.312 e. The van der Waals surface area contributed by atoms with E-state index in [1.807, 2.05) is 6.92 Å². The third-order valence-electron chi connectivity index (χ3n) is 2.90. The number of ether oxygens (including phenoxy) is 2. The van der Waals surface area contributed by atoms with Crippen LogP contribution >= 0.6 is 0 Å². The van der Waals surface area contributed by atoms with Crippen LogP contribution in [0.4, 0.5) is 5.69 Å². The third-order valence-corrected chi connectivity index (χ3v) is 2.90. The fourth-order valence-corrected chi connectivity index (χ4v) is 1.92. The molecule has 1 N–H and O–H groups in total. The Balaban J connectivity index is 2.29. The summed E-state index contributed by atoms with van der Waals surface area (Å²) in [5.41, 5.74) is 1.45. The van der Waals surface area contributed by atoms with Gasteiger partial charge in [-0.25, -0.2) is 0 Å². The lowest BCUT2D eigenvalue weighted by Crippen LogP contribution is -2.29. The molecule has 0 bridgehead atoms. The lowest BCUT2D eigenvalue weighted by molar-refractivity contribution is -0.140. The van der Waals surface area contributed by atoms with Gasteiger partial charge in [-0.1, -0.05) is 0 Å². The normalized spacial score (nSPS) is 12.9. The van der Waals surface area contributed by atoms with Crippen LogP contribution in [0.2, 0.25) is 0 Å². The summed E-state index contributed by atoms with van der Waals surface area (Å²) in [7, 11) is 1.55. The largest absolute Gasteiger partial charge is 0.486 e. The van der Waals surface area contributed by atoms with Crippen LogP contribution in [0.15, 0.2) is 12.1 Å². The average Bonchev–Trinajstić information content (AvgIpc) is 2.36. The Morgan fingerprint density at radius 2 is 1.84 bits per heavy atom. The Morgan fingerprint density at radius 3 is 2.42 bits per heavy atom. The van der Waals surface area contributed by atoms with Crippen molar-refractivity contribution < 1.29 is 24.2 Å². The zero-order valence-corrected chi connectivity index (χ0v) is 10.8. The number of nitrogens with zero attached hydrogens (tertiary/aromatic N) is 1. The molecule has 0 radical (unpaired) electrons. The molecule has 0 saturated carbocycles. The van der Waals surface area contributed by atoms with Crippen LogP contribution in [0.1, 0.15) is 12.0 Å². The minimum Gasteiger partial charge on any atom is -0.486 e. The van der Waals surface area contributed by atoms with Gasteiger partial charge in [-0.2, -0.15) is 0 Å². The monoisotopic (exact) mass is 265 g/mol. The first-order valence-electron chi connectivity index (χ1n) is 5.87. The summed E-state index contributed by atoms with van der Waals surface area (Å²) in [5.74, 6) is -0.410. The number of hydrogen-bond acceptors (Lipinski definition) is 4. The molecule has 19 heavy (non-hydrogen) atoms. The molecule has 6 heteroatoms. The summed E-state index contributed by atoms with van der Waals surface area (Å²) in [4.78, 5) is 23.6. The second kappa shape index (κ2) is 5.17. The van der Waals surface area contributed by atoms with Crippen molar-refractivity contribution in [2.75, 3.05) is 25.2 Å². The summed E-state index contributed by atoms with van der Waals surface area (Å²) in [6.07, 6.45) is -0.537. The minimum absolute atomic E-state index is 0.461. The van der Waals surface area contributed by atoms with E-state index in [0.29, 0.717) is 30.4 Å². The van der Waals surface area contributed by atoms with Crippen LogP contribution in [0.5, 0.6) is 11.5 Å². The van der Waals surface area contributed by atoms with Gasteiger partial charge in [0, 0.05) is 13.1 Å². The molecule has 1 aromatic rings. The summed E-state index contributed by atoms with van der Waals surface area (Å²) < 4.78 is 10.9. The zero-order chi connectivity index (χ0) is 14.0. The maximum Gasteiger partial charge on any atom is 0.312 e. The van der Waals surface area contributed by atoms with Crippen molar-refractivity contribution in [1.82, 2.24) is 0 Å². The van der Waals surface area contributed by atoms with Crippen molar-refractivity contribution in [2.24, 2.45) is 0 Å². The fraction of sp³-hybridized carbons (Fsp3) is 0.385. The Morgan fingerprint density at radius 1 is 1.26 bits per heavy atom. The van der Waals surface area contributed by atoms with Gasteiger partial charge in [0.15, 0.2) is 11.5 Å². The molecular formula is C13H15NO5. The van der Waals surface area contributed by atoms with Crippen LogP contribution in [-0.4, -0.2) is 37.2 Å². The number of carbonyl (C=O) groups excluding carboxylic acids is 1. The molecule has 0 aliphatic carbocycles. The van der Waals surface area contributed by atoms with Crippen molar-refractivity contribution in [3.05, 3.63) is 17.7 Å². The molecule has 0 unspecified atom stereocenters. The van der Waals surface area contributed by atoms with Gasteiger partial charge in [-0.3, -0.25) is 9.59 Å². The average molecular weight is 265 g/mol. The minimum atomic E-state index is -1.15. The van der Waals surface area contributed by atoms with Crippen molar-refractivity contribution in [1.29, 1.82) is 0 Å². The summed E-state index contributed by atoms with van der Waals surface area (Å²) in [6, 6.07) is 3.48. The third kappa shape index (κ3) is 2.78. The van der Waals surface area contributed by atoms with E-state index >= 15 is 0 Å². The Bertz CT molecular complexity index is 526. The number of carboxylic acid groups (broad SMARTS) is 1. The lowest BCUT2D eigenvalue weighted by atomic mass is 10.1. The van der Waals surface area contributed by atoms with Gasteiger partial charge in [-0.05, 0) is 18.6 Å². The van der Waals surface area contributed by atoms with E-state index in [4.69, 9.17) is 14.6 Å². The first-order valence-corrected chi connectivity index (χ1v) is 5.87. The van der Waals surface area contributed by atoms with Gasteiger partial charge in [0.2, 0.25) is 5.91 Å². The Kier molecular flexibility index (Phi) is 3.59. The highest BCUT2D eigenvalue weighted by molar-refractivity contribution is 6.03. The number of aryl methyl sites for hydroxylation is 1. The van der Waals surface area contributed by atoms with Crippen molar-refractivity contribution >= 4 is 17.6 Å². The van der Waals surface area contributed by atoms with Crippen LogP contribution < -0.4 is 14.4 Å². The summed E-state index contributed by atoms with van der Waals surface area (Å²) in [5, 5.41) is 8.65. The van der Waals surface area contributed by atoms with E-state index in [1.54, 1.807) is 19.2 Å². The highest BCUT2D eigenvalue weighted by atomic mass is 16.6. The number of hydrogen-bond donors (Lipinski definition) is 1. The number of fused-ring (bicyclic) bond motifs is 1. The lowest BCUT2D eigenvalue weighted by Gasteiger charge is -2.24. The highest BCUT2D eigenvalue weighted by Gasteiger charge is 2.20. The zero-order valence-electron chi connectivity index (χ0n) is 10.8. The predicted octanol–water partition coefficient (Wildman–Crippen LogP) is 1.20. The summed E-state index contributed by atoms with van der Waals surface area (Å²) >= 11 is 0. The first kappa shape index (κ1) is 13.2. The molecule has 0 spiro atoms. The molecule has 0 saturated heterocycles. The molecule has 1 aromatic carbocycles. The maximum absolute atomic E-state index is 11.7. The second-order valence-corrected chi connectivity index (χ2v) is 4.31. The molecule has 2 rings (SSSR count). The second-order valence-electron chi connectivity index (χ2n) is 4.31. The molecule has 0 fully saturated rings. The van der Waals surface area contributed by atoms with E-state index < -0.39 is 18.3 Å². The maximum atomic E-state index is 11.7. The van der Waals surface area contributed by atoms with Crippen LogP contribution in [-0.2, 0) is 9.59 Å². The van der Waals surface area contributed by atoms with E-state index in [0.717, 1.165) is 5.56 Å². The van der Waals surface area contributed by atoms with Crippen molar-refractivity contribution in [3.63, 3.8) is 0 Å². The van der Waals surface area contributed by atoms with E-state index in [2.05, 4.69) is 0 Å². The van der Waals surface area contributed by atoms with Crippen molar-refractivity contribution in [2.45, 2.75) is 13.3 Å². The van der Waals surface area contributed by atoms with Gasteiger partial charge in [0.1, 0.15) is 19.6 Å². The fourth-order valence-electron chi connectivity index (χ4n) is 1.92. The molecule has 1 aliphatic heterocycles. The van der Waals surface area contributed by atoms with E-state index in [9.17, 15) is 9.59 Å². The van der Waals surface area contributed by atoms with Gasteiger partial charge >= 0.3 is 5.97 Å². The SMILES string of the molecule is Cc1cc2c(cc1N(C)C(=O)CC(=O)O)OCCO2. The number of rotatable bonds is 3. The van der Waals surface area contributed by atoms with Gasteiger partial charge in [-0.15, -0.1) is 0 Å². The Labute approximate surface area is 110 Å². The van der Waals surface area contributed by atoms with Gasteiger partial charge < -0.3 is 19.5 Å². The van der Waals surface area contributed by atoms with E-state index in [-0.39, 0.29) is 0 Å². The molecule has 0 atom stereocenters. The molecule has 0 aromatic heterocycles. The molecule has 1 aliphatic rings. The number of carboxylic acids is 1. The highest BCUT2D eigenvalue weighted by Crippen LogP contribution is 2.36. The number of amides is 1. The number of benzene rings is 1. The van der Waals surface area contributed by atoms with E-state index in [1.165, 1.54) is 4.90 Å². The standard InChI is InChI=1S/C13H15NO5/c1-8-5-10-11(19-4-3-18-10)6-9(8)14(2)12(15)7-13(16)17/h5-6H,3-4,7H2,1-2H3,(H,16,17). The number of aliphatic carboxylic acids is 1. The summed E-state index contributed by atoms with van der Waals surface area (Å²) in [6.45, 7) is 2.79. The van der Waals surface area contributed by atoms with Crippen LogP contribution in [0.25, 0.3) is 0 Å². The Hall–Kier alpha value is -2.24. The van der Waals surface area contributed by atoms with Crippen LogP contribution in [0.3, 0.4) is 0 Å². The molecule has 6 nitrogen and oxygen atoms in total. The number of carbonyl (C=O) groups is 2. The van der Waals surface area contributed by atoms with Gasteiger partial charge in [0.05, 0.1) is 5.69 Å². The predicted molar refractivity (Wildman–Crippen MR) is 67.8 cm³/mol.